The van der Waals surface area contributed by atoms with Gasteiger partial charge in [-0.05, 0) is 25.3 Å². The summed E-state index contributed by atoms with van der Waals surface area (Å²) >= 11 is 0. The molecule has 1 aliphatic carbocycles. The van der Waals surface area contributed by atoms with Crippen molar-refractivity contribution in [2.75, 3.05) is 13.2 Å². The van der Waals surface area contributed by atoms with Gasteiger partial charge in [0.15, 0.2) is 5.82 Å². The van der Waals surface area contributed by atoms with E-state index in [1.54, 1.807) is 0 Å². The van der Waals surface area contributed by atoms with Gasteiger partial charge in [0.25, 0.3) is 0 Å². The first-order chi connectivity index (χ1) is 9.47. The average molecular weight is 297 g/mol. The Morgan fingerprint density at radius 3 is 2.80 bits per heavy atom. The summed E-state index contributed by atoms with van der Waals surface area (Å²) in [6, 6.07) is 0. The third-order valence-corrected chi connectivity index (χ3v) is 2.76. The molecule has 0 radical (unpaired) electrons. The number of hydrogen-bond acceptors (Lipinski definition) is 5. The number of nitrogens with one attached hydrogen (secondary N) is 1. The van der Waals surface area contributed by atoms with Crippen molar-refractivity contribution < 1.29 is 26.8 Å². The number of rotatable bonds is 9. The Bertz CT molecular complexity index is 424. The van der Waals surface area contributed by atoms with Crippen LogP contribution in [0.15, 0.2) is 4.52 Å². The molecule has 0 spiro atoms. The number of aromatic nitrogens is 2. The van der Waals surface area contributed by atoms with E-state index >= 15 is 0 Å². The van der Waals surface area contributed by atoms with Crippen LogP contribution in [0.3, 0.4) is 0 Å². The highest BCUT2D eigenvalue weighted by atomic mass is 19.3. The van der Waals surface area contributed by atoms with Crippen molar-refractivity contribution in [1.29, 1.82) is 0 Å². The zero-order valence-electron chi connectivity index (χ0n) is 10.6. The molecular formula is C11H15F4N3O2. The molecule has 1 aliphatic rings. The smallest absolute Gasteiger partial charge is 0.330 e. The zero-order valence-corrected chi connectivity index (χ0v) is 10.6. The maximum Gasteiger partial charge on any atom is 0.330 e. The summed E-state index contributed by atoms with van der Waals surface area (Å²) in [5, 5.41) is 6.63. The van der Waals surface area contributed by atoms with Crippen molar-refractivity contribution >= 4 is 0 Å². The van der Waals surface area contributed by atoms with Crippen molar-refractivity contribution in [2.45, 2.75) is 38.3 Å². The predicted molar refractivity (Wildman–Crippen MR) is 59.3 cm³/mol. The van der Waals surface area contributed by atoms with Gasteiger partial charge in [0.1, 0.15) is 13.2 Å². The maximum atomic E-state index is 12.6. The van der Waals surface area contributed by atoms with E-state index in [1.807, 2.05) is 0 Å². The molecule has 1 aromatic rings. The molecule has 0 aliphatic heterocycles. The molecule has 1 saturated carbocycles. The van der Waals surface area contributed by atoms with Gasteiger partial charge in [-0.25, -0.2) is 8.78 Å². The van der Waals surface area contributed by atoms with E-state index in [1.165, 1.54) is 12.8 Å². The van der Waals surface area contributed by atoms with Gasteiger partial charge in [-0.3, -0.25) is 0 Å². The first-order valence-corrected chi connectivity index (χ1v) is 6.23. The van der Waals surface area contributed by atoms with Crippen molar-refractivity contribution in [3.63, 3.8) is 0 Å². The number of nitrogens with zero attached hydrogens (tertiary/aromatic N) is 2. The lowest BCUT2D eigenvalue weighted by atomic mass is 10.4. The Balaban J connectivity index is 1.66. The van der Waals surface area contributed by atoms with E-state index in [2.05, 4.69) is 20.2 Å². The summed E-state index contributed by atoms with van der Waals surface area (Å²) in [6.07, 6.45) is -1.32. The fourth-order valence-electron chi connectivity index (χ4n) is 1.47. The van der Waals surface area contributed by atoms with Gasteiger partial charge in [-0.1, -0.05) is 5.16 Å². The maximum absolute atomic E-state index is 12.6. The molecule has 114 valence electrons. The molecular weight excluding hydrogens is 282 g/mol. The third kappa shape index (κ3) is 4.71. The number of halogens is 4. The summed E-state index contributed by atoms with van der Waals surface area (Å²) in [6.45, 7) is -0.519. The number of alkyl halides is 4. The van der Waals surface area contributed by atoms with Crippen LogP contribution in [0, 0.1) is 5.92 Å². The molecule has 0 bridgehead atoms. The number of hydrogen-bond donors (Lipinski definition) is 1. The largest absolute Gasteiger partial charge is 0.367 e. The molecule has 9 heteroatoms. The lowest BCUT2D eigenvalue weighted by Gasteiger charge is -2.14. The molecule has 5 nitrogen and oxygen atoms in total. The molecule has 1 fully saturated rings. The Morgan fingerprint density at radius 2 is 2.15 bits per heavy atom. The highest BCUT2D eigenvalue weighted by molar-refractivity contribution is 4.85. The molecule has 0 saturated heterocycles. The van der Waals surface area contributed by atoms with Crippen LogP contribution in [0.25, 0.3) is 0 Å². The molecule has 0 atom stereocenters. The van der Waals surface area contributed by atoms with Crippen molar-refractivity contribution in [1.82, 2.24) is 15.5 Å². The van der Waals surface area contributed by atoms with E-state index in [0.717, 1.165) is 6.54 Å². The van der Waals surface area contributed by atoms with Crippen LogP contribution >= 0.6 is 0 Å². The van der Waals surface area contributed by atoms with Gasteiger partial charge in [-0.2, -0.15) is 13.8 Å². The monoisotopic (exact) mass is 297 g/mol. The van der Waals surface area contributed by atoms with Crippen molar-refractivity contribution in [3.05, 3.63) is 11.7 Å². The molecule has 1 heterocycles. The standard InChI is InChI=1S/C11H15F4N3O2/c12-10(13)11(14,15)6-19-5-8-17-9(20-18-8)4-16-3-7-1-2-7/h7,10,16H,1-6H2. The summed E-state index contributed by atoms with van der Waals surface area (Å²) in [4.78, 5) is 3.89. The summed E-state index contributed by atoms with van der Waals surface area (Å²) in [5.41, 5.74) is 0. The minimum Gasteiger partial charge on any atom is -0.367 e. The average Bonchev–Trinajstić information content (AvgIpc) is 3.09. The SMILES string of the molecule is FC(F)C(F)(F)COCc1noc(CNCC2CC2)n1. The Hall–Kier alpha value is -1.22. The van der Waals surface area contributed by atoms with Gasteiger partial charge < -0.3 is 14.6 Å². The zero-order chi connectivity index (χ0) is 14.6. The van der Waals surface area contributed by atoms with Crippen molar-refractivity contribution in [2.24, 2.45) is 5.92 Å². The van der Waals surface area contributed by atoms with Crippen LogP contribution in [0.5, 0.6) is 0 Å². The molecule has 20 heavy (non-hydrogen) atoms. The second kappa shape index (κ2) is 6.49. The van der Waals surface area contributed by atoms with Crippen LogP contribution < -0.4 is 5.32 Å². The Morgan fingerprint density at radius 1 is 1.40 bits per heavy atom. The quantitative estimate of drug-likeness (QED) is 0.706. The number of ether oxygens (including phenoxy) is 1. The van der Waals surface area contributed by atoms with E-state index in [-0.39, 0.29) is 5.82 Å². The highest BCUT2D eigenvalue weighted by Gasteiger charge is 2.41. The molecule has 1 aromatic heterocycles. The van der Waals surface area contributed by atoms with Crippen LogP contribution in [-0.4, -0.2) is 35.6 Å². The summed E-state index contributed by atoms with van der Waals surface area (Å²) in [5.74, 6) is -3.10. The first kappa shape index (κ1) is 15.2. The Labute approximate surface area is 112 Å². The molecule has 1 N–H and O–H groups in total. The highest BCUT2D eigenvalue weighted by Crippen LogP contribution is 2.27. The van der Waals surface area contributed by atoms with E-state index in [0.29, 0.717) is 18.4 Å². The van der Waals surface area contributed by atoms with Gasteiger partial charge in [0.05, 0.1) is 6.54 Å². The predicted octanol–water partition coefficient (Wildman–Crippen LogP) is 1.99. The fourth-order valence-corrected chi connectivity index (χ4v) is 1.47. The summed E-state index contributed by atoms with van der Waals surface area (Å²) < 4.78 is 58.2. The topological polar surface area (TPSA) is 60.2 Å². The van der Waals surface area contributed by atoms with E-state index in [9.17, 15) is 17.6 Å². The summed E-state index contributed by atoms with van der Waals surface area (Å²) in [7, 11) is 0. The molecule has 2 rings (SSSR count). The van der Waals surface area contributed by atoms with Gasteiger partial charge in [0, 0.05) is 0 Å². The second-order valence-electron chi connectivity index (χ2n) is 4.73. The lowest BCUT2D eigenvalue weighted by Crippen LogP contribution is -2.32. The van der Waals surface area contributed by atoms with Crippen LogP contribution in [-0.2, 0) is 17.9 Å². The van der Waals surface area contributed by atoms with Gasteiger partial charge >= 0.3 is 12.3 Å². The van der Waals surface area contributed by atoms with Gasteiger partial charge in [0.2, 0.25) is 5.89 Å². The molecule has 0 unspecified atom stereocenters. The third-order valence-electron chi connectivity index (χ3n) is 2.76. The van der Waals surface area contributed by atoms with Crippen LogP contribution in [0.4, 0.5) is 17.6 Å². The van der Waals surface area contributed by atoms with Crippen molar-refractivity contribution in [3.8, 4) is 0 Å². The van der Waals surface area contributed by atoms with Crippen LogP contribution in [0.2, 0.25) is 0 Å². The molecule has 0 aromatic carbocycles. The minimum absolute atomic E-state index is 0.0540. The van der Waals surface area contributed by atoms with Gasteiger partial charge in [-0.15, -0.1) is 0 Å². The Kier molecular flexibility index (Phi) is 4.92. The first-order valence-electron chi connectivity index (χ1n) is 6.23. The lowest BCUT2D eigenvalue weighted by molar-refractivity contribution is -0.168. The van der Waals surface area contributed by atoms with Crippen LogP contribution in [0.1, 0.15) is 24.6 Å². The second-order valence-corrected chi connectivity index (χ2v) is 4.73. The fraction of sp³-hybridized carbons (Fsp3) is 0.818. The molecule has 0 amide bonds. The van der Waals surface area contributed by atoms with E-state index < -0.39 is 25.6 Å². The normalized spacial score (nSPS) is 16.1. The minimum atomic E-state index is -4.17. The van der Waals surface area contributed by atoms with E-state index in [4.69, 9.17) is 4.52 Å².